The number of ether oxygens (including phenoxy) is 1. The van der Waals surface area contributed by atoms with Gasteiger partial charge in [0, 0.05) is 6.07 Å². The lowest BCUT2D eigenvalue weighted by atomic mass is 10.6. The van der Waals surface area contributed by atoms with Gasteiger partial charge in [0.2, 0.25) is 0 Å². The number of carbonyl (C=O) groups is 1. The molecule has 0 spiro atoms. The third-order valence-corrected chi connectivity index (χ3v) is 1.64. The fraction of sp³-hybridized carbons (Fsp3) is 0.286. The van der Waals surface area contributed by atoms with Gasteiger partial charge in [0.05, 0.1) is 6.61 Å². The summed E-state index contributed by atoms with van der Waals surface area (Å²) >= 11 is 3.16. The van der Waals surface area contributed by atoms with Crippen molar-refractivity contribution in [2.24, 2.45) is 0 Å². The van der Waals surface area contributed by atoms with Crippen molar-refractivity contribution in [1.82, 2.24) is 15.4 Å². The molecule has 0 fully saturated rings. The predicted molar refractivity (Wildman–Crippen MR) is 53.5 cm³/mol. The highest BCUT2D eigenvalue weighted by molar-refractivity contribution is 9.10. The van der Waals surface area contributed by atoms with Crippen LogP contribution in [0.3, 0.4) is 0 Å². The molecular formula is C7H9BrN4O2. The monoisotopic (exact) mass is 260 g/mol. The Bertz CT molecular complexity index is 320. The van der Waals surface area contributed by atoms with Crippen molar-refractivity contribution in [1.29, 1.82) is 0 Å². The molecule has 76 valence electrons. The van der Waals surface area contributed by atoms with E-state index >= 15 is 0 Å². The Labute approximate surface area is 89.2 Å². The van der Waals surface area contributed by atoms with Gasteiger partial charge in [-0.2, -0.15) is 0 Å². The SMILES string of the molecule is CCOC(=O)NNc1cc(Br)ncn1. The van der Waals surface area contributed by atoms with Crippen LogP contribution < -0.4 is 10.9 Å². The molecular weight excluding hydrogens is 252 g/mol. The molecule has 2 N–H and O–H groups in total. The van der Waals surface area contributed by atoms with Gasteiger partial charge in [0.15, 0.2) is 0 Å². The molecule has 1 heterocycles. The minimum absolute atomic E-state index is 0.320. The first-order valence-electron chi connectivity index (χ1n) is 3.88. The van der Waals surface area contributed by atoms with Crippen molar-refractivity contribution in [2.75, 3.05) is 12.0 Å². The van der Waals surface area contributed by atoms with Gasteiger partial charge in [0.25, 0.3) is 0 Å². The first-order valence-corrected chi connectivity index (χ1v) is 4.68. The van der Waals surface area contributed by atoms with Crippen molar-refractivity contribution in [3.63, 3.8) is 0 Å². The number of hydrogen-bond donors (Lipinski definition) is 2. The number of nitrogens with zero attached hydrogens (tertiary/aromatic N) is 2. The summed E-state index contributed by atoms with van der Waals surface area (Å²) in [7, 11) is 0. The average molecular weight is 261 g/mol. The highest BCUT2D eigenvalue weighted by Crippen LogP contribution is 2.07. The number of rotatable bonds is 3. The minimum atomic E-state index is -0.553. The van der Waals surface area contributed by atoms with Crippen LogP contribution in [-0.2, 0) is 4.74 Å². The van der Waals surface area contributed by atoms with E-state index < -0.39 is 6.09 Å². The molecule has 0 aliphatic carbocycles. The largest absolute Gasteiger partial charge is 0.449 e. The average Bonchev–Trinajstić information content (AvgIpc) is 2.15. The van der Waals surface area contributed by atoms with E-state index in [2.05, 4.69) is 41.5 Å². The molecule has 0 radical (unpaired) electrons. The Morgan fingerprint density at radius 1 is 1.64 bits per heavy atom. The summed E-state index contributed by atoms with van der Waals surface area (Å²) in [4.78, 5) is 18.5. The lowest BCUT2D eigenvalue weighted by molar-refractivity contribution is 0.154. The third kappa shape index (κ3) is 3.56. The second-order valence-corrected chi connectivity index (χ2v) is 3.01. The summed E-state index contributed by atoms with van der Waals surface area (Å²) in [5.41, 5.74) is 4.87. The molecule has 1 aromatic heterocycles. The summed E-state index contributed by atoms with van der Waals surface area (Å²) in [5, 5.41) is 0. The summed E-state index contributed by atoms with van der Waals surface area (Å²) in [6.07, 6.45) is 0.807. The van der Waals surface area contributed by atoms with Crippen molar-refractivity contribution < 1.29 is 9.53 Å². The Hall–Kier alpha value is -1.37. The fourth-order valence-corrected chi connectivity index (χ4v) is 0.993. The summed E-state index contributed by atoms with van der Waals surface area (Å²) in [6.45, 7) is 2.04. The molecule has 1 amide bonds. The van der Waals surface area contributed by atoms with Gasteiger partial charge in [-0.1, -0.05) is 0 Å². The van der Waals surface area contributed by atoms with Crippen LogP contribution in [0.5, 0.6) is 0 Å². The number of nitrogens with one attached hydrogen (secondary N) is 2. The van der Waals surface area contributed by atoms with E-state index in [0.717, 1.165) is 0 Å². The van der Waals surface area contributed by atoms with Gasteiger partial charge >= 0.3 is 6.09 Å². The number of hydrogen-bond acceptors (Lipinski definition) is 5. The molecule has 14 heavy (non-hydrogen) atoms. The molecule has 0 bridgehead atoms. The normalized spacial score (nSPS) is 9.29. The predicted octanol–water partition coefficient (Wildman–Crippen LogP) is 1.31. The fourth-order valence-electron chi connectivity index (χ4n) is 0.684. The zero-order chi connectivity index (χ0) is 10.4. The third-order valence-electron chi connectivity index (χ3n) is 1.20. The maximum atomic E-state index is 10.9. The van der Waals surface area contributed by atoms with E-state index in [9.17, 15) is 4.79 Å². The van der Waals surface area contributed by atoms with Crippen LogP contribution in [0.2, 0.25) is 0 Å². The van der Waals surface area contributed by atoms with Gasteiger partial charge in [-0.15, -0.1) is 0 Å². The van der Waals surface area contributed by atoms with E-state index in [1.165, 1.54) is 6.33 Å². The molecule has 0 saturated carbocycles. The summed E-state index contributed by atoms with van der Waals surface area (Å²) < 4.78 is 5.25. The zero-order valence-corrected chi connectivity index (χ0v) is 9.04. The molecule has 0 aliphatic heterocycles. The van der Waals surface area contributed by atoms with Gasteiger partial charge in [0.1, 0.15) is 16.7 Å². The van der Waals surface area contributed by atoms with Crippen LogP contribution in [0.25, 0.3) is 0 Å². The lowest BCUT2D eigenvalue weighted by Gasteiger charge is -2.06. The van der Waals surface area contributed by atoms with Crippen LogP contribution in [0, 0.1) is 0 Å². The molecule has 0 aromatic carbocycles. The number of halogens is 1. The smallest absolute Gasteiger partial charge is 0.425 e. The molecule has 1 aromatic rings. The topological polar surface area (TPSA) is 76.1 Å². The second kappa shape index (κ2) is 5.38. The molecule has 0 saturated heterocycles. The number of hydrazine groups is 1. The van der Waals surface area contributed by atoms with Gasteiger partial charge in [-0.05, 0) is 22.9 Å². The molecule has 1 rings (SSSR count). The molecule has 0 unspecified atom stereocenters. The standard InChI is InChI=1S/C7H9BrN4O2/c1-2-14-7(13)12-11-6-3-5(8)9-4-10-6/h3-4H,2H2,1H3,(H,12,13)(H,9,10,11). The maximum absolute atomic E-state index is 10.9. The Morgan fingerprint density at radius 2 is 2.43 bits per heavy atom. The molecule has 6 nitrogen and oxygen atoms in total. The van der Waals surface area contributed by atoms with Gasteiger partial charge in [-0.25, -0.2) is 20.2 Å². The van der Waals surface area contributed by atoms with Gasteiger partial charge in [-0.3, -0.25) is 5.43 Å². The van der Waals surface area contributed by atoms with Crippen LogP contribution in [-0.4, -0.2) is 22.7 Å². The van der Waals surface area contributed by atoms with Crippen molar-refractivity contribution >= 4 is 27.8 Å². The number of aromatic nitrogens is 2. The van der Waals surface area contributed by atoms with Crippen LogP contribution in [0.15, 0.2) is 17.0 Å². The number of anilines is 1. The Kier molecular flexibility index (Phi) is 4.11. The van der Waals surface area contributed by atoms with Crippen molar-refractivity contribution in [3.8, 4) is 0 Å². The van der Waals surface area contributed by atoms with Crippen LogP contribution >= 0.6 is 15.9 Å². The van der Waals surface area contributed by atoms with E-state index in [4.69, 9.17) is 0 Å². The quantitative estimate of drug-likeness (QED) is 0.633. The first-order chi connectivity index (χ1) is 6.72. The van der Waals surface area contributed by atoms with Gasteiger partial charge < -0.3 is 4.74 Å². The maximum Gasteiger partial charge on any atom is 0.425 e. The summed E-state index contributed by atoms with van der Waals surface area (Å²) in [5.74, 6) is 0.472. The van der Waals surface area contributed by atoms with Crippen molar-refractivity contribution in [2.45, 2.75) is 6.92 Å². The number of amides is 1. The molecule has 0 atom stereocenters. The van der Waals surface area contributed by atoms with Crippen LogP contribution in [0.4, 0.5) is 10.6 Å². The van der Waals surface area contributed by atoms with E-state index in [1.54, 1.807) is 13.0 Å². The zero-order valence-electron chi connectivity index (χ0n) is 7.45. The number of carbonyl (C=O) groups excluding carboxylic acids is 1. The lowest BCUT2D eigenvalue weighted by Crippen LogP contribution is -2.30. The Morgan fingerprint density at radius 3 is 3.07 bits per heavy atom. The van der Waals surface area contributed by atoms with Crippen molar-refractivity contribution in [3.05, 3.63) is 17.0 Å². The van der Waals surface area contributed by atoms with E-state index in [-0.39, 0.29) is 0 Å². The van der Waals surface area contributed by atoms with E-state index in [1.807, 2.05) is 0 Å². The Balaban J connectivity index is 2.41. The summed E-state index contributed by atoms with van der Waals surface area (Å²) in [6, 6.07) is 1.62. The second-order valence-electron chi connectivity index (χ2n) is 2.20. The highest BCUT2D eigenvalue weighted by atomic mass is 79.9. The minimum Gasteiger partial charge on any atom is -0.449 e. The molecule has 0 aliphatic rings. The van der Waals surface area contributed by atoms with Crippen LogP contribution in [0.1, 0.15) is 6.92 Å². The first kappa shape index (κ1) is 10.7. The molecule has 7 heteroatoms. The highest BCUT2D eigenvalue weighted by Gasteiger charge is 1.99. The van der Waals surface area contributed by atoms with E-state index in [0.29, 0.717) is 17.0 Å².